The van der Waals surface area contributed by atoms with E-state index in [1.165, 1.54) is 5.69 Å². The van der Waals surface area contributed by atoms with Crippen LogP contribution in [0.4, 0.5) is 5.13 Å². The van der Waals surface area contributed by atoms with E-state index in [2.05, 4.69) is 59.2 Å². The van der Waals surface area contributed by atoms with E-state index in [4.69, 9.17) is 0 Å². The summed E-state index contributed by atoms with van der Waals surface area (Å²) in [4.78, 5) is 0. The van der Waals surface area contributed by atoms with Gasteiger partial charge in [-0.3, -0.25) is 0 Å². The summed E-state index contributed by atoms with van der Waals surface area (Å²) in [5.41, 5.74) is 1.28. The second kappa shape index (κ2) is 6.00. The van der Waals surface area contributed by atoms with Crippen LogP contribution in [0.2, 0.25) is 0 Å². The zero-order valence-electron chi connectivity index (χ0n) is 11.2. The largest absolute Gasteiger partial charge is 0.355 e. The van der Waals surface area contributed by atoms with Crippen molar-refractivity contribution in [1.82, 2.24) is 14.8 Å². The molecule has 5 heteroatoms. The van der Waals surface area contributed by atoms with Crippen LogP contribution in [0, 0.1) is 5.92 Å². The van der Waals surface area contributed by atoms with Gasteiger partial charge in [0.05, 0.1) is 6.54 Å². The van der Waals surface area contributed by atoms with E-state index in [9.17, 15) is 0 Å². The molecule has 0 fully saturated rings. The molecule has 0 unspecified atom stereocenters. The molecule has 0 radical (unpaired) electrons. The van der Waals surface area contributed by atoms with Gasteiger partial charge in [-0.2, -0.15) is 0 Å². The van der Waals surface area contributed by atoms with Crippen LogP contribution in [-0.4, -0.2) is 14.8 Å². The third kappa shape index (κ3) is 3.32. The fraction of sp³-hybridized carbons (Fsp3) is 0.538. The van der Waals surface area contributed by atoms with Gasteiger partial charge in [-0.25, -0.2) is 0 Å². The van der Waals surface area contributed by atoms with Crippen molar-refractivity contribution in [3.63, 3.8) is 0 Å². The van der Waals surface area contributed by atoms with Crippen LogP contribution >= 0.6 is 11.3 Å². The molecular formula is C13H20N4S. The molecule has 0 spiro atoms. The first-order valence-electron chi connectivity index (χ1n) is 6.39. The lowest BCUT2D eigenvalue weighted by atomic mass is 10.1. The van der Waals surface area contributed by atoms with Gasteiger partial charge in [0.25, 0.3) is 0 Å². The Balaban J connectivity index is 1.92. The van der Waals surface area contributed by atoms with Crippen molar-refractivity contribution in [2.75, 3.05) is 5.32 Å². The summed E-state index contributed by atoms with van der Waals surface area (Å²) in [6.45, 7) is 8.34. The van der Waals surface area contributed by atoms with E-state index >= 15 is 0 Å². The molecule has 2 rings (SSSR count). The Bertz CT molecular complexity index is 487. The number of anilines is 1. The van der Waals surface area contributed by atoms with Gasteiger partial charge in [0.15, 0.2) is 0 Å². The predicted molar refractivity (Wildman–Crippen MR) is 75.9 cm³/mol. The van der Waals surface area contributed by atoms with Crippen LogP contribution in [0.1, 0.15) is 31.5 Å². The number of aryl methyl sites for hydroxylation is 1. The maximum atomic E-state index is 4.20. The van der Waals surface area contributed by atoms with Gasteiger partial charge in [0, 0.05) is 24.9 Å². The summed E-state index contributed by atoms with van der Waals surface area (Å²) in [5, 5.41) is 13.7. The molecule has 0 aromatic carbocycles. The lowest BCUT2D eigenvalue weighted by molar-refractivity contribution is 0.640. The van der Waals surface area contributed by atoms with Crippen molar-refractivity contribution in [1.29, 1.82) is 0 Å². The van der Waals surface area contributed by atoms with Gasteiger partial charge in [-0.15, -0.1) is 10.2 Å². The third-order valence-corrected chi connectivity index (χ3v) is 3.64. The molecule has 0 aliphatic heterocycles. The van der Waals surface area contributed by atoms with E-state index in [0.29, 0.717) is 5.92 Å². The smallest absolute Gasteiger partial charge is 0.205 e. The lowest BCUT2D eigenvalue weighted by Crippen LogP contribution is -2.05. The first-order chi connectivity index (χ1) is 8.69. The highest BCUT2D eigenvalue weighted by atomic mass is 32.1. The first kappa shape index (κ1) is 13.1. The number of rotatable bonds is 6. The Morgan fingerprint density at radius 1 is 1.39 bits per heavy atom. The predicted octanol–water partition coefficient (Wildman–Crippen LogP) is 3.17. The Hall–Kier alpha value is -1.36. The van der Waals surface area contributed by atoms with E-state index in [1.54, 1.807) is 11.3 Å². The van der Waals surface area contributed by atoms with Gasteiger partial charge < -0.3 is 9.88 Å². The van der Waals surface area contributed by atoms with Crippen LogP contribution in [0.5, 0.6) is 0 Å². The number of nitrogens with one attached hydrogen (secondary N) is 1. The second-order valence-electron chi connectivity index (χ2n) is 4.74. The average Bonchev–Trinajstić information content (AvgIpc) is 2.93. The highest BCUT2D eigenvalue weighted by Crippen LogP contribution is 2.19. The second-order valence-corrected chi connectivity index (χ2v) is 5.80. The average molecular weight is 264 g/mol. The minimum atomic E-state index is 0.628. The van der Waals surface area contributed by atoms with Crippen molar-refractivity contribution >= 4 is 16.5 Å². The summed E-state index contributed by atoms with van der Waals surface area (Å²) in [5.74, 6) is 0.628. The van der Waals surface area contributed by atoms with Crippen molar-refractivity contribution in [2.24, 2.45) is 5.92 Å². The molecule has 4 nitrogen and oxygen atoms in total. The third-order valence-electron chi connectivity index (χ3n) is 2.73. The van der Waals surface area contributed by atoms with Gasteiger partial charge >= 0.3 is 0 Å². The van der Waals surface area contributed by atoms with Gasteiger partial charge in [-0.05, 0) is 25.0 Å². The summed E-state index contributed by atoms with van der Waals surface area (Å²) in [6, 6.07) is 4.21. The van der Waals surface area contributed by atoms with Gasteiger partial charge in [-0.1, -0.05) is 25.2 Å². The molecule has 98 valence electrons. The summed E-state index contributed by atoms with van der Waals surface area (Å²) < 4.78 is 2.23. The quantitative estimate of drug-likeness (QED) is 0.871. The molecular weight excluding hydrogens is 244 g/mol. The van der Waals surface area contributed by atoms with Crippen LogP contribution in [0.25, 0.3) is 0 Å². The molecule has 0 aliphatic carbocycles. The standard InChI is InChI=1S/C13H20N4S/c1-4-17-7-5-6-11(17)9-14-13-16-15-12(18-13)8-10(2)3/h5-7,10H,4,8-9H2,1-3H3,(H,14,16). The molecule has 0 amide bonds. The van der Waals surface area contributed by atoms with Crippen LogP contribution < -0.4 is 5.32 Å². The molecule has 1 N–H and O–H groups in total. The highest BCUT2D eigenvalue weighted by Gasteiger charge is 2.06. The SMILES string of the molecule is CCn1cccc1CNc1nnc(CC(C)C)s1. The molecule has 2 aromatic rings. The number of nitrogens with zero attached hydrogens (tertiary/aromatic N) is 3. The normalized spacial score (nSPS) is 11.1. The molecule has 18 heavy (non-hydrogen) atoms. The summed E-state index contributed by atoms with van der Waals surface area (Å²) in [6.07, 6.45) is 3.10. The summed E-state index contributed by atoms with van der Waals surface area (Å²) in [7, 11) is 0. The Kier molecular flexibility index (Phi) is 4.36. The van der Waals surface area contributed by atoms with Crippen LogP contribution in [0.15, 0.2) is 18.3 Å². The molecule has 0 atom stereocenters. The topological polar surface area (TPSA) is 42.7 Å². The summed E-state index contributed by atoms with van der Waals surface area (Å²) >= 11 is 1.65. The monoisotopic (exact) mass is 264 g/mol. The fourth-order valence-corrected chi connectivity index (χ4v) is 2.79. The maximum Gasteiger partial charge on any atom is 0.205 e. The molecule has 2 heterocycles. The van der Waals surface area contributed by atoms with E-state index in [0.717, 1.165) is 29.6 Å². The van der Waals surface area contributed by atoms with Crippen LogP contribution in [-0.2, 0) is 19.5 Å². The van der Waals surface area contributed by atoms with Crippen molar-refractivity contribution in [2.45, 2.75) is 40.3 Å². The Morgan fingerprint density at radius 3 is 2.94 bits per heavy atom. The minimum Gasteiger partial charge on any atom is -0.355 e. The Morgan fingerprint density at radius 2 is 2.22 bits per heavy atom. The zero-order valence-corrected chi connectivity index (χ0v) is 12.0. The first-order valence-corrected chi connectivity index (χ1v) is 7.21. The van der Waals surface area contributed by atoms with Crippen molar-refractivity contribution in [3.05, 3.63) is 29.0 Å². The van der Waals surface area contributed by atoms with Crippen molar-refractivity contribution in [3.8, 4) is 0 Å². The number of hydrogen-bond donors (Lipinski definition) is 1. The lowest BCUT2D eigenvalue weighted by Gasteiger charge is -2.06. The maximum absolute atomic E-state index is 4.20. The molecule has 2 aromatic heterocycles. The number of aromatic nitrogens is 3. The molecule has 0 bridgehead atoms. The minimum absolute atomic E-state index is 0.628. The molecule has 0 saturated carbocycles. The van der Waals surface area contributed by atoms with E-state index < -0.39 is 0 Å². The molecule has 0 saturated heterocycles. The van der Waals surface area contributed by atoms with Crippen LogP contribution in [0.3, 0.4) is 0 Å². The van der Waals surface area contributed by atoms with E-state index in [1.807, 2.05) is 0 Å². The fourth-order valence-electron chi connectivity index (χ4n) is 1.84. The van der Waals surface area contributed by atoms with E-state index in [-0.39, 0.29) is 0 Å². The highest BCUT2D eigenvalue weighted by molar-refractivity contribution is 7.15. The van der Waals surface area contributed by atoms with Gasteiger partial charge in [0.2, 0.25) is 5.13 Å². The van der Waals surface area contributed by atoms with Crippen molar-refractivity contribution < 1.29 is 0 Å². The van der Waals surface area contributed by atoms with Gasteiger partial charge in [0.1, 0.15) is 5.01 Å². The molecule has 0 aliphatic rings. The Labute approximate surface area is 112 Å². The number of hydrogen-bond acceptors (Lipinski definition) is 4. The zero-order chi connectivity index (χ0) is 13.0.